The van der Waals surface area contributed by atoms with Gasteiger partial charge in [-0.25, -0.2) is 0 Å². The number of fused-ring (bicyclic) bond motifs is 1. The Kier molecular flexibility index (Phi) is 5.30. The van der Waals surface area contributed by atoms with Crippen LogP contribution in [0.25, 0.3) is 0 Å². The smallest absolute Gasteiger partial charge is 0.255 e. The van der Waals surface area contributed by atoms with E-state index in [0.29, 0.717) is 19.0 Å². The van der Waals surface area contributed by atoms with Crippen LogP contribution in [0.1, 0.15) is 40.7 Å². The molecular weight excluding hydrogens is 382 g/mol. The molecule has 8 heteroatoms. The number of nitrogens with zero attached hydrogens (tertiary/aromatic N) is 3. The zero-order valence-electron chi connectivity index (χ0n) is 17.2. The first-order chi connectivity index (χ1) is 14.6. The standard InChI is InChI=1S/C22H29N5O3/c28-19-5-4-18(21(29)24-19)27-13-16-3-1-2-15(20(16)22(27)30)12-25-9-6-17(14-25)26-10-7-23-8-11-26/h1-3,17-18,23H,4-14H2,(H,24,28,29). The van der Waals surface area contributed by atoms with Crippen molar-refractivity contribution < 1.29 is 14.4 Å². The second-order valence-electron chi connectivity index (χ2n) is 8.81. The van der Waals surface area contributed by atoms with Crippen LogP contribution in [0, 0.1) is 0 Å². The van der Waals surface area contributed by atoms with Crippen LogP contribution >= 0.6 is 0 Å². The molecule has 0 bridgehead atoms. The zero-order chi connectivity index (χ0) is 20.7. The van der Waals surface area contributed by atoms with E-state index in [1.165, 1.54) is 6.42 Å². The fourth-order valence-electron chi connectivity index (χ4n) is 5.36. The van der Waals surface area contributed by atoms with Crippen molar-refractivity contribution in [3.63, 3.8) is 0 Å². The van der Waals surface area contributed by atoms with Gasteiger partial charge in [0.25, 0.3) is 5.91 Å². The zero-order valence-corrected chi connectivity index (χ0v) is 17.2. The average Bonchev–Trinajstić information content (AvgIpc) is 3.34. The van der Waals surface area contributed by atoms with Gasteiger partial charge < -0.3 is 10.2 Å². The number of hydrogen-bond donors (Lipinski definition) is 2. The van der Waals surface area contributed by atoms with Gasteiger partial charge >= 0.3 is 0 Å². The highest BCUT2D eigenvalue weighted by molar-refractivity contribution is 6.05. The summed E-state index contributed by atoms with van der Waals surface area (Å²) in [5, 5.41) is 5.79. The normalized spacial score (nSPS) is 28.1. The number of nitrogens with one attached hydrogen (secondary N) is 2. The first-order valence-electron chi connectivity index (χ1n) is 11.0. The predicted molar refractivity (Wildman–Crippen MR) is 111 cm³/mol. The third-order valence-corrected chi connectivity index (χ3v) is 6.95. The molecule has 4 aliphatic heterocycles. The molecule has 8 nitrogen and oxygen atoms in total. The van der Waals surface area contributed by atoms with E-state index in [4.69, 9.17) is 0 Å². The Morgan fingerprint density at radius 1 is 1.03 bits per heavy atom. The van der Waals surface area contributed by atoms with Gasteiger partial charge in [-0.3, -0.25) is 29.5 Å². The van der Waals surface area contributed by atoms with E-state index in [9.17, 15) is 14.4 Å². The highest BCUT2D eigenvalue weighted by atomic mass is 16.2. The molecule has 30 heavy (non-hydrogen) atoms. The van der Waals surface area contributed by atoms with Crippen molar-refractivity contribution in [2.24, 2.45) is 0 Å². The van der Waals surface area contributed by atoms with Crippen LogP contribution in [-0.2, 0) is 22.7 Å². The summed E-state index contributed by atoms with van der Waals surface area (Å²) >= 11 is 0. The summed E-state index contributed by atoms with van der Waals surface area (Å²) in [7, 11) is 0. The Morgan fingerprint density at radius 3 is 2.67 bits per heavy atom. The quantitative estimate of drug-likeness (QED) is 0.675. The van der Waals surface area contributed by atoms with Gasteiger partial charge in [0.1, 0.15) is 6.04 Å². The van der Waals surface area contributed by atoms with Crippen LogP contribution in [0.2, 0.25) is 0 Å². The van der Waals surface area contributed by atoms with Crippen LogP contribution in [0.3, 0.4) is 0 Å². The Labute approximate surface area is 176 Å². The second-order valence-corrected chi connectivity index (χ2v) is 8.81. The van der Waals surface area contributed by atoms with Crippen LogP contribution in [0.4, 0.5) is 0 Å². The van der Waals surface area contributed by atoms with E-state index in [2.05, 4.69) is 20.4 Å². The molecule has 2 unspecified atom stereocenters. The number of benzene rings is 1. The number of carbonyl (C=O) groups excluding carboxylic acids is 3. The van der Waals surface area contributed by atoms with E-state index in [1.54, 1.807) is 4.90 Å². The van der Waals surface area contributed by atoms with Gasteiger partial charge in [0, 0.05) is 70.4 Å². The summed E-state index contributed by atoms with van der Waals surface area (Å²) < 4.78 is 0. The lowest BCUT2D eigenvalue weighted by molar-refractivity contribution is -0.136. The number of rotatable bonds is 4. The molecule has 160 valence electrons. The summed E-state index contributed by atoms with van der Waals surface area (Å²) in [6.45, 7) is 7.63. The molecule has 0 spiro atoms. The molecule has 4 aliphatic rings. The van der Waals surface area contributed by atoms with Crippen LogP contribution in [-0.4, -0.2) is 83.8 Å². The van der Waals surface area contributed by atoms with E-state index < -0.39 is 6.04 Å². The lowest BCUT2D eigenvalue weighted by Gasteiger charge is -2.32. The number of amides is 3. The van der Waals surface area contributed by atoms with Gasteiger partial charge in [-0.05, 0) is 24.0 Å². The molecule has 2 N–H and O–H groups in total. The molecule has 5 rings (SSSR count). The third kappa shape index (κ3) is 3.64. The first-order valence-corrected chi connectivity index (χ1v) is 11.0. The predicted octanol–water partition coefficient (Wildman–Crippen LogP) is -0.0729. The van der Waals surface area contributed by atoms with Crippen molar-refractivity contribution in [1.82, 2.24) is 25.3 Å². The minimum atomic E-state index is -0.556. The van der Waals surface area contributed by atoms with Crippen LogP contribution in [0.5, 0.6) is 0 Å². The molecule has 0 aliphatic carbocycles. The SMILES string of the molecule is O=C1CCC(N2Cc3cccc(CN4CCC(N5CCNCC5)C4)c3C2=O)C(=O)N1. The average molecular weight is 412 g/mol. The Balaban J connectivity index is 1.28. The number of likely N-dealkylation sites (tertiary alicyclic amines) is 1. The number of piperazine rings is 1. The van der Waals surface area contributed by atoms with Gasteiger partial charge in [0.05, 0.1) is 0 Å². The van der Waals surface area contributed by atoms with Gasteiger partial charge in [-0.15, -0.1) is 0 Å². The number of imide groups is 1. The molecule has 2 atom stereocenters. The molecule has 3 fully saturated rings. The lowest BCUT2D eigenvalue weighted by atomic mass is 10.0. The molecular formula is C22H29N5O3. The van der Waals surface area contributed by atoms with E-state index in [0.717, 1.165) is 62.5 Å². The molecule has 3 amide bonds. The van der Waals surface area contributed by atoms with Crippen molar-refractivity contribution in [3.8, 4) is 0 Å². The van der Waals surface area contributed by atoms with Crippen molar-refractivity contribution >= 4 is 17.7 Å². The van der Waals surface area contributed by atoms with Crippen molar-refractivity contribution in [2.45, 2.75) is 44.4 Å². The Bertz CT molecular complexity index is 866. The van der Waals surface area contributed by atoms with Crippen LogP contribution in [0.15, 0.2) is 18.2 Å². The fraction of sp³-hybridized carbons (Fsp3) is 0.591. The van der Waals surface area contributed by atoms with Crippen molar-refractivity contribution in [2.75, 3.05) is 39.3 Å². The maximum Gasteiger partial charge on any atom is 0.255 e. The van der Waals surface area contributed by atoms with Gasteiger partial charge in [0.15, 0.2) is 0 Å². The lowest BCUT2D eigenvalue weighted by Crippen LogP contribution is -2.52. The second kappa shape index (κ2) is 8.09. The van der Waals surface area contributed by atoms with Crippen molar-refractivity contribution in [3.05, 3.63) is 34.9 Å². The highest BCUT2D eigenvalue weighted by Crippen LogP contribution is 2.31. The van der Waals surface area contributed by atoms with Gasteiger partial charge in [-0.1, -0.05) is 18.2 Å². The maximum absolute atomic E-state index is 13.3. The number of carbonyl (C=O) groups is 3. The Hall–Kier alpha value is -2.29. The molecule has 3 saturated heterocycles. The highest BCUT2D eigenvalue weighted by Gasteiger charge is 2.40. The molecule has 0 aromatic heterocycles. The third-order valence-electron chi connectivity index (χ3n) is 6.95. The summed E-state index contributed by atoms with van der Waals surface area (Å²) in [6.07, 6.45) is 1.86. The Morgan fingerprint density at radius 2 is 1.87 bits per heavy atom. The summed E-state index contributed by atoms with van der Waals surface area (Å²) in [5.41, 5.74) is 2.79. The topological polar surface area (TPSA) is 85.0 Å². The molecule has 1 aromatic rings. The maximum atomic E-state index is 13.3. The fourth-order valence-corrected chi connectivity index (χ4v) is 5.36. The van der Waals surface area contributed by atoms with E-state index in [-0.39, 0.29) is 24.1 Å². The number of hydrogen-bond acceptors (Lipinski definition) is 6. The van der Waals surface area contributed by atoms with E-state index >= 15 is 0 Å². The number of piperidine rings is 1. The van der Waals surface area contributed by atoms with E-state index in [1.807, 2.05) is 18.2 Å². The minimum absolute atomic E-state index is 0.0760. The van der Waals surface area contributed by atoms with Gasteiger partial charge in [-0.2, -0.15) is 0 Å². The van der Waals surface area contributed by atoms with Crippen molar-refractivity contribution in [1.29, 1.82) is 0 Å². The molecule has 0 radical (unpaired) electrons. The first kappa shape index (κ1) is 19.7. The molecule has 1 aromatic carbocycles. The summed E-state index contributed by atoms with van der Waals surface area (Å²) in [6, 6.07) is 6.08. The molecule has 4 heterocycles. The molecule has 0 saturated carbocycles. The van der Waals surface area contributed by atoms with Crippen LogP contribution < -0.4 is 10.6 Å². The van der Waals surface area contributed by atoms with Gasteiger partial charge in [0.2, 0.25) is 11.8 Å². The summed E-state index contributed by atoms with van der Waals surface area (Å²) in [4.78, 5) is 43.7. The largest absolute Gasteiger partial charge is 0.322 e. The summed E-state index contributed by atoms with van der Waals surface area (Å²) in [5.74, 6) is -0.686. The monoisotopic (exact) mass is 411 g/mol. The minimum Gasteiger partial charge on any atom is -0.322 e.